The van der Waals surface area contributed by atoms with Crippen molar-refractivity contribution in [3.8, 4) is 11.4 Å². The van der Waals surface area contributed by atoms with Gasteiger partial charge in [0.05, 0.1) is 30.0 Å². The molecule has 2 amide bonds. The molecule has 0 unspecified atom stereocenters. The Morgan fingerprint density at radius 2 is 1.74 bits per heavy atom. The first-order chi connectivity index (χ1) is 18.8. The first kappa shape index (κ1) is 27.3. The summed E-state index contributed by atoms with van der Waals surface area (Å²) in [5.74, 6) is 0.626. The third-order valence-corrected chi connectivity index (χ3v) is 6.90. The number of hydrogen-bond donors (Lipinski definition) is 2. The predicted molar refractivity (Wildman–Crippen MR) is 147 cm³/mol. The highest BCUT2D eigenvalue weighted by molar-refractivity contribution is 7.99. The quantitative estimate of drug-likeness (QED) is 0.169. The predicted octanol–water partition coefficient (Wildman–Crippen LogP) is 4.46. The van der Waals surface area contributed by atoms with E-state index in [9.17, 15) is 19.7 Å². The molecule has 0 atom stereocenters. The Morgan fingerprint density at radius 3 is 2.41 bits per heavy atom. The standard InChI is InChI=1S/C27H26N6O5S/c1-17-5-4-6-23(18(17)2)32-24(15-28-26(35)19-7-11-21(12-8-19)33(36)37)30-31-27(32)39-16-25(34)29-20-9-13-22(38-3)14-10-20/h4-14H,15-16H2,1-3H3,(H,28,35)(H,29,34). The minimum absolute atomic E-state index is 0.0504. The third kappa shape index (κ3) is 6.60. The molecule has 4 aromatic rings. The van der Waals surface area contributed by atoms with Crippen molar-refractivity contribution in [3.63, 3.8) is 0 Å². The summed E-state index contributed by atoms with van der Waals surface area (Å²) in [6.07, 6.45) is 0. The molecule has 200 valence electrons. The minimum atomic E-state index is -0.523. The van der Waals surface area contributed by atoms with E-state index in [4.69, 9.17) is 4.74 Å². The van der Waals surface area contributed by atoms with E-state index >= 15 is 0 Å². The van der Waals surface area contributed by atoms with Crippen molar-refractivity contribution < 1.29 is 19.2 Å². The van der Waals surface area contributed by atoms with E-state index in [2.05, 4.69) is 20.8 Å². The zero-order valence-electron chi connectivity index (χ0n) is 21.5. The van der Waals surface area contributed by atoms with Crippen LogP contribution in [-0.4, -0.2) is 44.4 Å². The number of carbonyl (C=O) groups excluding carboxylic acids is 2. The number of non-ortho nitro benzene ring substituents is 1. The van der Waals surface area contributed by atoms with Crippen molar-refractivity contribution in [2.45, 2.75) is 25.5 Å². The van der Waals surface area contributed by atoms with Gasteiger partial charge in [-0.25, -0.2) is 0 Å². The third-order valence-electron chi connectivity index (χ3n) is 5.97. The van der Waals surface area contributed by atoms with Crippen LogP contribution in [0.3, 0.4) is 0 Å². The monoisotopic (exact) mass is 546 g/mol. The molecule has 0 spiro atoms. The van der Waals surface area contributed by atoms with E-state index in [-0.39, 0.29) is 29.5 Å². The van der Waals surface area contributed by atoms with Gasteiger partial charge in [-0.2, -0.15) is 0 Å². The molecule has 4 rings (SSSR count). The lowest BCUT2D eigenvalue weighted by Crippen LogP contribution is -2.24. The van der Waals surface area contributed by atoms with Gasteiger partial charge in [0.1, 0.15) is 5.75 Å². The fourth-order valence-electron chi connectivity index (χ4n) is 3.73. The Kier molecular flexibility index (Phi) is 8.56. The number of nitro benzene ring substituents is 1. The first-order valence-corrected chi connectivity index (χ1v) is 12.9. The first-order valence-electron chi connectivity index (χ1n) is 11.9. The molecule has 0 saturated heterocycles. The topological polar surface area (TPSA) is 141 Å². The van der Waals surface area contributed by atoms with Gasteiger partial charge in [0.2, 0.25) is 5.91 Å². The number of amides is 2. The average molecular weight is 547 g/mol. The SMILES string of the molecule is COc1ccc(NC(=O)CSc2nnc(CNC(=O)c3ccc([N+](=O)[O-])cc3)n2-c2cccc(C)c2C)cc1. The second-order valence-corrected chi connectivity index (χ2v) is 9.45. The molecule has 0 aliphatic rings. The molecule has 0 bridgehead atoms. The molecular formula is C27H26N6O5S. The molecule has 0 aliphatic carbocycles. The molecule has 0 saturated carbocycles. The molecule has 12 heteroatoms. The number of aryl methyl sites for hydroxylation is 1. The van der Waals surface area contributed by atoms with Gasteiger partial charge in [0.15, 0.2) is 11.0 Å². The molecule has 1 heterocycles. The van der Waals surface area contributed by atoms with Gasteiger partial charge >= 0.3 is 0 Å². The number of nitro groups is 1. The van der Waals surface area contributed by atoms with Crippen LogP contribution in [-0.2, 0) is 11.3 Å². The van der Waals surface area contributed by atoms with Crippen LogP contribution in [0.4, 0.5) is 11.4 Å². The van der Waals surface area contributed by atoms with Gasteiger partial charge in [0.25, 0.3) is 11.6 Å². The number of nitrogens with zero attached hydrogens (tertiary/aromatic N) is 4. The van der Waals surface area contributed by atoms with Crippen molar-refractivity contribution in [2.75, 3.05) is 18.2 Å². The van der Waals surface area contributed by atoms with Crippen molar-refractivity contribution in [1.29, 1.82) is 0 Å². The number of carbonyl (C=O) groups is 2. The van der Waals surface area contributed by atoms with Gasteiger partial charge in [-0.05, 0) is 67.4 Å². The van der Waals surface area contributed by atoms with Gasteiger partial charge < -0.3 is 15.4 Å². The van der Waals surface area contributed by atoms with Crippen LogP contribution < -0.4 is 15.4 Å². The average Bonchev–Trinajstić information content (AvgIpc) is 3.35. The summed E-state index contributed by atoms with van der Waals surface area (Å²) in [4.78, 5) is 35.7. The summed E-state index contributed by atoms with van der Waals surface area (Å²) >= 11 is 1.22. The maximum absolute atomic E-state index is 12.7. The van der Waals surface area contributed by atoms with Gasteiger partial charge in [-0.1, -0.05) is 23.9 Å². The second-order valence-electron chi connectivity index (χ2n) is 8.51. The number of rotatable bonds is 10. The van der Waals surface area contributed by atoms with Crippen LogP contribution >= 0.6 is 11.8 Å². The van der Waals surface area contributed by atoms with Crippen LogP contribution in [0.15, 0.2) is 71.9 Å². The highest BCUT2D eigenvalue weighted by Crippen LogP contribution is 2.26. The van der Waals surface area contributed by atoms with Crippen molar-refractivity contribution >= 4 is 35.0 Å². The molecule has 0 fully saturated rings. The Balaban J connectivity index is 1.51. The fraction of sp³-hybridized carbons (Fsp3) is 0.185. The zero-order valence-corrected chi connectivity index (χ0v) is 22.3. The number of benzene rings is 3. The molecule has 11 nitrogen and oxygen atoms in total. The molecule has 1 aromatic heterocycles. The second kappa shape index (κ2) is 12.2. The van der Waals surface area contributed by atoms with Gasteiger partial charge in [-0.3, -0.25) is 24.3 Å². The molecule has 3 aromatic carbocycles. The number of thioether (sulfide) groups is 1. The zero-order chi connectivity index (χ0) is 27.9. The summed E-state index contributed by atoms with van der Waals surface area (Å²) in [5, 5.41) is 25.6. The highest BCUT2D eigenvalue weighted by atomic mass is 32.2. The van der Waals surface area contributed by atoms with Crippen LogP contribution in [0.5, 0.6) is 5.75 Å². The van der Waals surface area contributed by atoms with E-state index in [1.807, 2.05) is 36.6 Å². The van der Waals surface area contributed by atoms with Gasteiger partial charge in [0, 0.05) is 23.4 Å². The van der Waals surface area contributed by atoms with Gasteiger partial charge in [-0.15, -0.1) is 10.2 Å². The molecule has 0 radical (unpaired) electrons. The van der Waals surface area contributed by atoms with Crippen molar-refractivity contribution in [3.05, 3.63) is 99.4 Å². The van der Waals surface area contributed by atoms with Crippen molar-refractivity contribution in [2.24, 2.45) is 0 Å². The lowest BCUT2D eigenvalue weighted by molar-refractivity contribution is -0.384. The van der Waals surface area contributed by atoms with Crippen LogP contribution in [0.2, 0.25) is 0 Å². The maximum atomic E-state index is 12.7. The number of hydrogen-bond acceptors (Lipinski definition) is 8. The number of ether oxygens (including phenoxy) is 1. The summed E-state index contributed by atoms with van der Waals surface area (Å²) in [6, 6.07) is 18.2. The van der Waals surface area contributed by atoms with E-state index in [0.717, 1.165) is 16.8 Å². The summed E-state index contributed by atoms with van der Waals surface area (Å²) in [6.45, 7) is 4.03. The minimum Gasteiger partial charge on any atom is -0.497 e. The molecule has 39 heavy (non-hydrogen) atoms. The maximum Gasteiger partial charge on any atom is 0.269 e. The smallest absolute Gasteiger partial charge is 0.269 e. The number of anilines is 1. The van der Waals surface area contributed by atoms with E-state index < -0.39 is 10.8 Å². The number of nitrogens with one attached hydrogen (secondary N) is 2. The van der Waals surface area contributed by atoms with E-state index in [1.54, 1.807) is 31.4 Å². The number of methoxy groups -OCH3 is 1. The van der Waals surface area contributed by atoms with E-state index in [0.29, 0.717) is 22.4 Å². The van der Waals surface area contributed by atoms with E-state index in [1.165, 1.54) is 36.0 Å². The Hall–Kier alpha value is -4.71. The molecule has 0 aliphatic heterocycles. The lowest BCUT2D eigenvalue weighted by atomic mass is 10.1. The molecule has 2 N–H and O–H groups in total. The Morgan fingerprint density at radius 1 is 1.03 bits per heavy atom. The summed E-state index contributed by atoms with van der Waals surface area (Å²) < 4.78 is 6.97. The fourth-order valence-corrected chi connectivity index (χ4v) is 4.49. The Labute approximate surface area is 228 Å². The lowest BCUT2D eigenvalue weighted by Gasteiger charge is -2.15. The normalized spacial score (nSPS) is 10.6. The largest absolute Gasteiger partial charge is 0.497 e. The number of aromatic nitrogens is 3. The molecular weight excluding hydrogens is 520 g/mol. The van der Waals surface area contributed by atoms with Crippen LogP contribution in [0, 0.1) is 24.0 Å². The highest BCUT2D eigenvalue weighted by Gasteiger charge is 2.19. The summed E-state index contributed by atoms with van der Waals surface area (Å²) in [7, 11) is 1.58. The van der Waals surface area contributed by atoms with Crippen LogP contribution in [0.1, 0.15) is 27.3 Å². The summed E-state index contributed by atoms with van der Waals surface area (Å²) in [5.41, 5.74) is 3.73. The van der Waals surface area contributed by atoms with Crippen LogP contribution in [0.25, 0.3) is 5.69 Å². The van der Waals surface area contributed by atoms with Crippen molar-refractivity contribution in [1.82, 2.24) is 20.1 Å². The Bertz CT molecular complexity index is 1500.